The van der Waals surface area contributed by atoms with Crippen LogP contribution in [0, 0.1) is 0 Å². The molecule has 0 spiro atoms. The molecular formula is C24H22N2O. The summed E-state index contributed by atoms with van der Waals surface area (Å²) >= 11 is 0. The molecule has 3 nitrogen and oxygen atoms in total. The van der Waals surface area contributed by atoms with Crippen LogP contribution in [-0.2, 0) is 10.4 Å². The van der Waals surface area contributed by atoms with Crippen LogP contribution in [0.1, 0.15) is 36.7 Å². The molecule has 0 radical (unpaired) electrons. The molecule has 0 aliphatic carbocycles. The number of hydrogen-bond acceptors (Lipinski definition) is 2. The number of fused-ring (bicyclic) bond motifs is 3. The van der Waals surface area contributed by atoms with Gasteiger partial charge in [-0.2, -0.15) is 0 Å². The minimum atomic E-state index is -0.463. The predicted molar refractivity (Wildman–Crippen MR) is 110 cm³/mol. The molecule has 3 heteroatoms. The minimum Gasteiger partial charge on any atom is -0.356 e. The van der Waals surface area contributed by atoms with Crippen molar-refractivity contribution in [2.75, 3.05) is 5.06 Å². The van der Waals surface area contributed by atoms with E-state index in [1.165, 1.54) is 16.5 Å². The maximum absolute atomic E-state index is 6.58. The zero-order valence-electron chi connectivity index (χ0n) is 15.5. The van der Waals surface area contributed by atoms with Gasteiger partial charge in [0.2, 0.25) is 0 Å². The van der Waals surface area contributed by atoms with Crippen molar-refractivity contribution in [1.29, 1.82) is 0 Å². The molecule has 4 aromatic rings. The predicted octanol–water partition coefficient (Wildman–Crippen LogP) is 5.94. The SMILES string of the molecule is CC1(C)ON(c2ccccc2)[C@H](c2ccccc2)c2c1[nH]c1ccccc21. The Morgan fingerprint density at radius 3 is 2.19 bits per heavy atom. The van der Waals surface area contributed by atoms with Gasteiger partial charge in [-0.25, -0.2) is 5.06 Å². The van der Waals surface area contributed by atoms with Crippen LogP contribution in [0.4, 0.5) is 5.69 Å². The van der Waals surface area contributed by atoms with E-state index >= 15 is 0 Å². The van der Waals surface area contributed by atoms with E-state index in [2.05, 4.69) is 103 Å². The number of para-hydroxylation sites is 2. The summed E-state index contributed by atoms with van der Waals surface area (Å²) < 4.78 is 0. The average Bonchev–Trinajstić information content (AvgIpc) is 3.10. The number of anilines is 1. The summed E-state index contributed by atoms with van der Waals surface area (Å²) in [6.45, 7) is 4.25. The first-order valence-electron chi connectivity index (χ1n) is 9.34. The number of nitrogens with one attached hydrogen (secondary N) is 1. The fraction of sp³-hybridized carbons (Fsp3) is 0.167. The van der Waals surface area contributed by atoms with Gasteiger partial charge in [-0.15, -0.1) is 0 Å². The summed E-state index contributed by atoms with van der Waals surface area (Å²) in [6, 6.07) is 29.4. The Morgan fingerprint density at radius 2 is 1.44 bits per heavy atom. The molecule has 1 aromatic heterocycles. The van der Waals surface area contributed by atoms with Crippen LogP contribution in [0.3, 0.4) is 0 Å². The van der Waals surface area contributed by atoms with Gasteiger partial charge < -0.3 is 4.98 Å². The first-order valence-corrected chi connectivity index (χ1v) is 9.34. The molecule has 3 aromatic carbocycles. The van der Waals surface area contributed by atoms with Crippen LogP contribution in [0.15, 0.2) is 84.9 Å². The van der Waals surface area contributed by atoms with E-state index in [4.69, 9.17) is 4.84 Å². The normalized spacial score (nSPS) is 18.4. The standard InChI is InChI=1S/C24H22N2O/c1-24(2)23-21(19-15-9-10-16-20(19)25-23)22(17-11-5-3-6-12-17)26(27-24)18-13-7-4-8-14-18/h3-16,22,25H,1-2H3/t22-/m1/s1. The van der Waals surface area contributed by atoms with Gasteiger partial charge in [0.05, 0.1) is 11.4 Å². The molecule has 1 aliphatic heterocycles. The molecule has 0 fully saturated rings. The molecular weight excluding hydrogens is 332 g/mol. The quantitative estimate of drug-likeness (QED) is 0.482. The van der Waals surface area contributed by atoms with Crippen molar-refractivity contribution >= 4 is 16.6 Å². The fourth-order valence-electron chi connectivity index (χ4n) is 4.10. The molecule has 5 rings (SSSR count). The van der Waals surface area contributed by atoms with Crippen molar-refractivity contribution in [3.8, 4) is 0 Å². The summed E-state index contributed by atoms with van der Waals surface area (Å²) in [6.07, 6.45) is 0. The van der Waals surface area contributed by atoms with Crippen LogP contribution in [0.5, 0.6) is 0 Å². The second-order valence-electron chi connectivity index (χ2n) is 7.54. The number of hydroxylamine groups is 1. The second-order valence-corrected chi connectivity index (χ2v) is 7.54. The van der Waals surface area contributed by atoms with Gasteiger partial charge in [-0.3, -0.25) is 4.84 Å². The zero-order chi connectivity index (χ0) is 18.4. The number of rotatable bonds is 2. The van der Waals surface area contributed by atoms with E-state index in [0.29, 0.717) is 0 Å². The number of nitrogens with zero attached hydrogens (tertiary/aromatic N) is 1. The van der Waals surface area contributed by atoms with Crippen molar-refractivity contribution in [1.82, 2.24) is 4.98 Å². The first-order chi connectivity index (χ1) is 13.1. The smallest absolute Gasteiger partial charge is 0.131 e. The van der Waals surface area contributed by atoms with Crippen LogP contribution < -0.4 is 5.06 Å². The summed E-state index contributed by atoms with van der Waals surface area (Å²) in [4.78, 5) is 10.2. The Morgan fingerprint density at radius 1 is 0.815 bits per heavy atom. The monoisotopic (exact) mass is 354 g/mol. The molecule has 2 heterocycles. The molecule has 134 valence electrons. The molecule has 0 saturated carbocycles. The number of H-pyrrole nitrogens is 1. The van der Waals surface area contributed by atoms with Gasteiger partial charge >= 0.3 is 0 Å². The third-order valence-electron chi connectivity index (χ3n) is 5.31. The highest BCUT2D eigenvalue weighted by molar-refractivity contribution is 5.87. The maximum Gasteiger partial charge on any atom is 0.131 e. The van der Waals surface area contributed by atoms with Gasteiger partial charge in [-0.1, -0.05) is 66.7 Å². The van der Waals surface area contributed by atoms with Gasteiger partial charge in [0.15, 0.2) is 0 Å². The summed E-state index contributed by atoms with van der Waals surface area (Å²) in [5, 5.41) is 3.32. The summed E-state index contributed by atoms with van der Waals surface area (Å²) in [5.41, 5.74) is 5.38. The minimum absolute atomic E-state index is 0.0206. The largest absolute Gasteiger partial charge is 0.356 e. The van der Waals surface area contributed by atoms with E-state index < -0.39 is 5.60 Å². The molecule has 0 amide bonds. The lowest BCUT2D eigenvalue weighted by molar-refractivity contribution is -0.0628. The molecule has 0 saturated heterocycles. The summed E-state index contributed by atoms with van der Waals surface area (Å²) in [5.74, 6) is 0. The Labute approximate surface area is 159 Å². The van der Waals surface area contributed by atoms with Crippen LogP contribution in [0.25, 0.3) is 10.9 Å². The van der Waals surface area contributed by atoms with Gasteiger partial charge in [0.25, 0.3) is 0 Å². The summed E-state index contributed by atoms with van der Waals surface area (Å²) in [7, 11) is 0. The number of aromatic amines is 1. The van der Waals surface area contributed by atoms with E-state index in [-0.39, 0.29) is 6.04 Å². The highest BCUT2D eigenvalue weighted by Crippen LogP contribution is 2.48. The van der Waals surface area contributed by atoms with Gasteiger partial charge in [0.1, 0.15) is 11.6 Å². The average molecular weight is 354 g/mol. The van der Waals surface area contributed by atoms with E-state index in [9.17, 15) is 0 Å². The Kier molecular flexibility index (Phi) is 3.59. The number of aromatic nitrogens is 1. The third kappa shape index (κ3) is 2.54. The molecule has 27 heavy (non-hydrogen) atoms. The van der Waals surface area contributed by atoms with E-state index in [0.717, 1.165) is 16.9 Å². The zero-order valence-corrected chi connectivity index (χ0v) is 15.5. The molecule has 0 bridgehead atoms. The van der Waals surface area contributed by atoms with Crippen molar-refractivity contribution in [3.63, 3.8) is 0 Å². The molecule has 1 atom stereocenters. The van der Waals surface area contributed by atoms with Gasteiger partial charge in [0, 0.05) is 16.5 Å². The maximum atomic E-state index is 6.58. The van der Waals surface area contributed by atoms with Crippen molar-refractivity contribution in [2.45, 2.75) is 25.5 Å². The molecule has 1 aliphatic rings. The first kappa shape index (κ1) is 16.2. The topological polar surface area (TPSA) is 28.3 Å². The van der Waals surface area contributed by atoms with Crippen LogP contribution in [-0.4, -0.2) is 4.98 Å². The lowest BCUT2D eigenvalue weighted by atomic mass is 9.88. The second kappa shape index (κ2) is 6.00. The van der Waals surface area contributed by atoms with E-state index in [1.54, 1.807) is 0 Å². The Hall–Kier alpha value is -3.04. The Bertz CT molecular complexity index is 1080. The van der Waals surface area contributed by atoms with E-state index in [1.807, 2.05) is 6.07 Å². The van der Waals surface area contributed by atoms with Gasteiger partial charge in [-0.05, 0) is 37.6 Å². The molecule has 0 unspecified atom stereocenters. The van der Waals surface area contributed by atoms with Crippen molar-refractivity contribution in [3.05, 3.63) is 102 Å². The van der Waals surface area contributed by atoms with Crippen molar-refractivity contribution < 1.29 is 4.84 Å². The highest BCUT2D eigenvalue weighted by atomic mass is 16.7. The van der Waals surface area contributed by atoms with Crippen LogP contribution in [0.2, 0.25) is 0 Å². The third-order valence-corrected chi connectivity index (χ3v) is 5.31. The van der Waals surface area contributed by atoms with Crippen molar-refractivity contribution in [2.24, 2.45) is 0 Å². The number of hydrogen-bond donors (Lipinski definition) is 1. The van der Waals surface area contributed by atoms with Crippen LogP contribution >= 0.6 is 0 Å². The highest BCUT2D eigenvalue weighted by Gasteiger charge is 2.42. The number of benzene rings is 3. The molecule has 1 N–H and O–H groups in total. The lowest BCUT2D eigenvalue weighted by Crippen LogP contribution is -2.43. The Balaban J connectivity index is 1.82. The fourth-order valence-corrected chi connectivity index (χ4v) is 4.10. The lowest BCUT2D eigenvalue weighted by Gasteiger charge is -2.44.